The largest absolute Gasteiger partial charge is 0.375 e. The molecule has 21 heavy (non-hydrogen) atoms. The zero-order valence-corrected chi connectivity index (χ0v) is 16.0. The Morgan fingerprint density at radius 3 is 2.81 bits per heavy atom. The van der Waals surface area contributed by atoms with Crippen LogP contribution in [0.1, 0.15) is 33.6 Å². The van der Waals surface area contributed by atoms with E-state index in [1.54, 1.807) is 0 Å². The Bertz CT molecular complexity index is 349. The average molecular weight is 410 g/mol. The van der Waals surface area contributed by atoms with Crippen molar-refractivity contribution in [2.24, 2.45) is 16.1 Å². The standard InChI is InChI=1S/C15H30N4O.HI/c1-13-11-19(9-10-20-13)14(16)17-6-8-18-7-4-5-15(2,3)12-18;/h13H,4-12H2,1-3H3,(H2,16,17);1H. The second-order valence-corrected chi connectivity index (χ2v) is 6.91. The summed E-state index contributed by atoms with van der Waals surface area (Å²) < 4.78 is 5.52. The monoisotopic (exact) mass is 410 g/mol. The van der Waals surface area contributed by atoms with Crippen LogP contribution in [0.25, 0.3) is 0 Å². The number of hydrogen-bond donors (Lipinski definition) is 1. The van der Waals surface area contributed by atoms with Crippen molar-refractivity contribution in [2.45, 2.75) is 39.7 Å². The molecule has 2 heterocycles. The molecule has 0 bridgehead atoms. The molecule has 2 N–H and O–H groups in total. The number of likely N-dealkylation sites (tertiary alicyclic amines) is 1. The number of hydrogen-bond acceptors (Lipinski definition) is 3. The molecule has 0 aliphatic carbocycles. The number of morpholine rings is 1. The van der Waals surface area contributed by atoms with E-state index in [9.17, 15) is 0 Å². The Morgan fingerprint density at radius 1 is 1.38 bits per heavy atom. The zero-order chi connectivity index (χ0) is 14.6. The molecular weight excluding hydrogens is 379 g/mol. The quantitative estimate of drug-likeness (QED) is 0.438. The second kappa shape index (κ2) is 8.53. The maximum absolute atomic E-state index is 6.08. The predicted octanol–water partition coefficient (Wildman–Crippen LogP) is 1.76. The van der Waals surface area contributed by atoms with Gasteiger partial charge in [-0.3, -0.25) is 4.99 Å². The molecule has 6 heteroatoms. The molecule has 0 amide bonds. The molecule has 0 radical (unpaired) electrons. The first-order chi connectivity index (χ1) is 9.46. The molecule has 0 aromatic heterocycles. The van der Waals surface area contributed by atoms with Crippen LogP contribution < -0.4 is 5.73 Å². The van der Waals surface area contributed by atoms with E-state index in [-0.39, 0.29) is 30.1 Å². The first-order valence-electron chi connectivity index (χ1n) is 7.85. The zero-order valence-electron chi connectivity index (χ0n) is 13.7. The second-order valence-electron chi connectivity index (χ2n) is 6.91. The number of guanidine groups is 1. The molecule has 0 aromatic carbocycles. The van der Waals surface area contributed by atoms with Crippen molar-refractivity contribution in [3.05, 3.63) is 0 Å². The Kier molecular flexibility index (Phi) is 7.70. The van der Waals surface area contributed by atoms with Crippen molar-refractivity contribution in [2.75, 3.05) is 45.9 Å². The summed E-state index contributed by atoms with van der Waals surface area (Å²) in [5.74, 6) is 0.677. The SMILES string of the molecule is CC1CN(C(N)=NCCN2CCCC(C)(C)C2)CCO1.I. The van der Waals surface area contributed by atoms with Crippen molar-refractivity contribution in [1.82, 2.24) is 9.80 Å². The minimum absolute atomic E-state index is 0. The van der Waals surface area contributed by atoms with Gasteiger partial charge in [-0.1, -0.05) is 13.8 Å². The Balaban J connectivity index is 0.00000220. The summed E-state index contributed by atoms with van der Waals surface area (Å²) in [7, 11) is 0. The molecule has 2 rings (SSSR count). The van der Waals surface area contributed by atoms with Gasteiger partial charge in [0.2, 0.25) is 0 Å². The van der Waals surface area contributed by atoms with Gasteiger partial charge in [0.1, 0.15) is 0 Å². The lowest BCUT2D eigenvalue weighted by Crippen LogP contribution is -2.48. The van der Waals surface area contributed by atoms with E-state index in [1.165, 1.54) is 25.9 Å². The topological polar surface area (TPSA) is 54.1 Å². The summed E-state index contributed by atoms with van der Waals surface area (Å²) in [5, 5.41) is 0. The Labute approximate surface area is 146 Å². The molecule has 2 saturated heterocycles. The summed E-state index contributed by atoms with van der Waals surface area (Å²) in [6, 6.07) is 0. The molecule has 2 fully saturated rings. The fourth-order valence-corrected chi connectivity index (χ4v) is 3.17. The fraction of sp³-hybridized carbons (Fsp3) is 0.933. The highest BCUT2D eigenvalue weighted by Crippen LogP contribution is 2.27. The van der Waals surface area contributed by atoms with Gasteiger partial charge in [-0.05, 0) is 31.7 Å². The maximum Gasteiger partial charge on any atom is 0.191 e. The summed E-state index contributed by atoms with van der Waals surface area (Å²) in [6.07, 6.45) is 2.88. The van der Waals surface area contributed by atoms with E-state index in [0.717, 1.165) is 32.8 Å². The van der Waals surface area contributed by atoms with E-state index in [0.29, 0.717) is 11.4 Å². The van der Waals surface area contributed by atoms with Crippen molar-refractivity contribution >= 4 is 29.9 Å². The molecule has 1 unspecified atom stereocenters. The highest BCUT2D eigenvalue weighted by Gasteiger charge is 2.25. The van der Waals surface area contributed by atoms with Gasteiger partial charge in [-0.2, -0.15) is 0 Å². The van der Waals surface area contributed by atoms with Gasteiger partial charge in [-0.15, -0.1) is 24.0 Å². The number of halogens is 1. The molecule has 0 spiro atoms. The van der Waals surface area contributed by atoms with Crippen LogP contribution in [0.2, 0.25) is 0 Å². The molecule has 5 nitrogen and oxygen atoms in total. The molecule has 2 aliphatic rings. The molecule has 124 valence electrons. The summed E-state index contributed by atoms with van der Waals surface area (Å²) in [4.78, 5) is 9.20. The van der Waals surface area contributed by atoms with Crippen molar-refractivity contribution in [1.29, 1.82) is 0 Å². The van der Waals surface area contributed by atoms with E-state index in [4.69, 9.17) is 10.5 Å². The number of nitrogens with two attached hydrogens (primary N) is 1. The maximum atomic E-state index is 6.08. The Morgan fingerprint density at radius 2 is 2.14 bits per heavy atom. The first kappa shape index (κ1) is 19.0. The van der Waals surface area contributed by atoms with Gasteiger partial charge in [0.05, 0.1) is 19.3 Å². The third-order valence-electron chi connectivity index (χ3n) is 4.23. The van der Waals surface area contributed by atoms with Crippen molar-refractivity contribution < 1.29 is 4.74 Å². The first-order valence-corrected chi connectivity index (χ1v) is 7.85. The highest BCUT2D eigenvalue weighted by molar-refractivity contribution is 14.0. The van der Waals surface area contributed by atoms with Gasteiger partial charge in [0.15, 0.2) is 5.96 Å². The van der Waals surface area contributed by atoms with E-state index in [2.05, 4.69) is 35.6 Å². The molecule has 0 saturated carbocycles. The van der Waals surface area contributed by atoms with E-state index >= 15 is 0 Å². The van der Waals surface area contributed by atoms with Gasteiger partial charge in [-0.25, -0.2) is 0 Å². The van der Waals surface area contributed by atoms with Gasteiger partial charge >= 0.3 is 0 Å². The highest BCUT2D eigenvalue weighted by atomic mass is 127. The smallest absolute Gasteiger partial charge is 0.191 e. The number of ether oxygens (including phenoxy) is 1. The van der Waals surface area contributed by atoms with Crippen LogP contribution in [0.15, 0.2) is 4.99 Å². The summed E-state index contributed by atoms with van der Waals surface area (Å²) in [6.45, 7) is 13.4. The minimum atomic E-state index is 0. The Hall–Kier alpha value is -0.0800. The van der Waals surface area contributed by atoms with Gasteiger partial charge in [0.25, 0.3) is 0 Å². The number of piperidine rings is 1. The minimum Gasteiger partial charge on any atom is -0.375 e. The van der Waals surface area contributed by atoms with Crippen molar-refractivity contribution in [3.63, 3.8) is 0 Å². The van der Waals surface area contributed by atoms with Gasteiger partial charge in [0, 0.05) is 26.2 Å². The van der Waals surface area contributed by atoms with Crippen LogP contribution in [0.5, 0.6) is 0 Å². The molecule has 2 aliphatic heterocycles. The van der Waals surface area contributed by atoms with Crippen LogP contribution in [-0.4, -0.2) is 67.7 Å². The molecule has 1 atom stereocenters. The van der Waals surface area contributed by atoms with Crippen LogP contribution >= 0.6 is 24.0 Å². The summed E-state index contributed by atoms with van der Waals surface area (Å²) in [5.41, 5.74) is 6.53. The van der Waals surface area contributed by atoms with Crippen LogP contribution in [-0.2, 0) is 4.74 Å². The lowest BCUT2D eigenvalue weighted by molar-refractivity contribution is 0.00527. The number of nitrogens with zero attached hydrogens (tertiary/aromatic N) is 3. The molecule has 0 aromatic rings. The third-order valence-corrected chi connectivity index (χ3v) is 4.23. The van der Waals surface area contributed by atoms with Crippen LogP contribution in [0.4, 0.5) is 0 Å². The average Bonchev–Trinajstić information content (AvgIpc) is 2.37. The van der Waals surface area contributed by atoms with Crippen LogP contribution in [0, 0.1) is 5.41 Å². The number of rotatable bonds is 3. The van der Waals surface area contributed by atoms with Crippen molar-refractivity contribution in [3.8, 4) is 0 Å². The summed E-state index contributed by atoms with van der Waals surface area (Å²) >= 11 is 0. The fourth-order valence-electron chi connectivity index (χ4n) is 3.17. The lowest BCUT2D eigenvalue weighted by atomic mass is 9.84. The normalized spacial score (nSPS) is 27.3. The molecular formula is C15H31IN4O. The predicted molar refractivity (Wildman–Crippen MR) is 98.3 cm³/mol. The lowest BCUT2D eigenvalue weighted by Gasteiger charge is -2.37. The number of aliphatic imine (C=N–C) groups is 1. The van der Waals surface area contributed by atoms with Gasteiger partial charge < -0.3 is 20.3 Å². The van der Waals surface area contributed by atoms with Crippen LogP contribution in [0.3, 0.4) is 0 Å². The van der Waals surface area contributed by atoms with E-state index < -0.39 is 0 Å². The third kappa shape index (κ3) is 6.28. The van der Waals surface area contributed by atoms with E-state index in [1.807, 2.05) is 0 Å².